The summed E-state index contributed by atoms with van der Waals surface area (Å²) in [6, 6.07) is -0.670. The van der Waals surface area contributed by atoms with E-state index in [1.807, 2.05) is 6.08 Å². The summed E-state index contributed by atoms with van der Waals surface area (Å²) in [6.07, 6.45) is 101. The molecular weight excluding hydrogens is 891 g/mol. The van der Waals surface area contributed by atoms with Crippen molar-refractivity contribution in [3.05, 3.63) is 170 Å². The van der Waals surface area contributed by atoms with Crippen molar-refractivity contribution in [3.8, 4) is 0 Å². The Hall–Kier alpha value is -4.25. The topological polar surface area (TPSA) is 69.6 Å². The number of hydrogen-bond donors (Lipinski definition) is 3. The number of aliphatic hydroxyl groups is 2. The lowest BCUT2D eigenvalue weighted by molar-refractivity contribution is -0.123. The van der Waals surface area contributed by atoms with Gasteiger partial charge in [0.1, 0.15) is 0 Å². The van der Waals surface area contributed by atoms with Crippen LogP contribution in [0.15, 0.2) is 170 Å². The van der Waals surface area contributed by atoms with Crippen LogP contribution in [0.25, 0.3) is 0 Å². The summed E-state index contributed by atoms with van der Waals surface area (Å²) >= 11 is 0. The fraction of sp³-hybridized carbons (Fsp3) is 0.580. The molecule has 0 aromatic heterocycles. The molecule has 3 N–H and O–H groups in total. The van der Waals surface area contributed by atoms with Gasteiger partial charge in [-0.1, -0.05) is 274 Å². The number of nitrogens with one attached hydrogen (secondary N) is 1. The van der Waals surface area contributed by atoms with Crippen LogP contribution < -0.4 is 5.32 Å². The standard InChI is InChI=1S/C69H111NO3/c1-3-5-7-9-11-13-15-17-19-21-23-25-27-28-29-30-31-32-33-34-35-36-37-38-39-40-41-42-43-45-47-49-51-53-55-57-59-61-63-65-69(73)70-67(66-71)68(72)64-62-60-58-56-54-52-50-48-46-44-26-24-22-20-18-16-14-12-10-8-6-4-2/h5,7,11,13,17,19,23,25,28-29,31-32,34-35,37-38,40-41,43,45-46,48-49,51,54,56,62,64,67-68,71-72H,3-4,6,8-10,12,14-16,18,20-22,24,26-27,30,33,36,39,42,44,47,50,52-53,55,57-61,63,65-66H2,1-2H3,(H,70,73)/b7-5-,13-11-,19-17-,25-23-,29-28-,32-31-,35-34-,38-37-,41-40-,45-43-,48-46+,51-49-,56-54+,64-62+. The first-order valence-electron chi connectivity index (χ1n) is 29.8. The average molecular weight is 1000 g/mol. The lowest BCUT2D eigenvalue weighted by Crippen LogP contribution is -2.45. The molecule has 0 aliphatic rings. The summed E-state index contributed by atoms with van der Waals surface area (Å²) < 4.78 is 0. The molecule has 2 atom stereocenters. The number of amides is 1. The SMILES string of the molecule is CC/C=C\C/C=C\C/C=C\C/C=C\C/C=C\C/C=C\C/C=C\C/C=C\C/C=C\C/C=C\C/C=C\CCCCCCCC(=O)NC(CO)C(O)/C=C/CC/C=C/CC/C=C/CCCCCCCCCCCCCC. The number of rotatable bonds is 52. The van der Waals surface area contributed by atoms with Gasteiger partial charge in [-0.15, -0.1) is 0 Å². The van der Waals surface area contributed by atoms with Crippen molar-refractivity contribution in [3.63, 3.8) is 0 Å². The van der Waals surface area contributed by atoms with Crippen LogP contribution in [0, 0.1) is 0 Å². The van der Waals surface area contributed by atoms with E-state index in [9.17, 15) is 15.0 Å². The molecule has 4 heteroatoms. The van der Waals surface area contributed by atoms with Gasteiger partial charge in [0.15, 0.2) is 0 Å². The van der Waals surface area contributed by atoms with Crippen molar-refractivity contribution in [2.75, 3.05) is 6.61 Å². The third kappa shape index (κ3) is 58.5. The molecule has 1 amide bonds. The molecule has 0 bridgehead atoms. The molecule has 73 heavy (non-hydrogen) atoms. The molecule has 0 spiro atoms. The minimum atomic E-state index is -0.892. The van der Waals surface area contributed by atoms with Crippen molar-refractivity contribution in [2.45, 2.75) is 251 Å². The lowest BCUT2D eigenvalue weighted by atomic mass is 10.0. The highest BCUT2D eigenvalue weighted by Gasteiger charge is 2.17. The second-order valence-electron chi connectivity index (χ2n) is 19.3. The van der Waals surface area contributed by atoms with E-state index in [1.54, 1.807) is 6.08 Å². The van der Waals surface area contributed by atoms with Gasteiger partial charge in [-0.3, -0.25) is 4.79 Å². The van der Waals surface area contributed by atoms with Crippen LogP contribution in [0.3, 0.4) is 0 Å². The molecule has 0 radical (unpaired) electrons. The van der Waals surface area contributed by atoms with E-state index in [0.717, 1.165) is 128 Å². The zero-order valence-corrected chi connectivity index (χ0v) is 47.1. The Kier molecular flexibility index (Phi) is 58.4. The smallest absolute Gasteiger partial charge is 0.220 e. The Morgan fingerprint density at radius 3 is 0.959 bits per heavy atom. The van der Waals surface area contributed by atoms with Crippen LogP contribution in [0.5, 0.6) is 0 Å². The summed E-state index contributed by atoms with van der Waals surface area (Å²) in [6.45, 7) is 4.17. The Morgan fingerprint density at radius 1 is 0.342 bits per heavy atom. The van der Waals surface area contributed by atoms with Crippen LogP contribution in [-0.4, -0.2) is 34.9 Å². The van der Waals surface area contributed by atoms with Crippen LogP contribution >= 0.6 is 0 Å². The largest absolute Gasteiger partial charge is 0.394 e. The van der Waals surface area contributed by atoms with Gasteiger partial charge >= 0.3 is 0 Å². The Balaban J connectivity index is 3.73. The molecule has 0 aromatic carbocycles. The highest BCUT2D eigenvalue weighted by molar-refractivity contribution is 5.76. The van der Waals surface area contributed by atoms with E-state index in [4.69, 9.17) is 0 Å². The van der Waals surface area contributed by atoms with Crippen molar-refractivity contribution in [2.24, 2.45) is 0 Å². The first-order valence-corrected chi connectivity index (χ1v) is 29.8. The van der Waals surface area contributed by atoms with Gasteiger partial charge < -0.3 is 15.5 Å². The van der Waals surface area contributed by atoms with Crippen LogP contribution in [-0.2, 0) is 4.79 Å². The monoisotopic (exact) mass is 1000 g/mol. The van der Waals surface area contributed by atoms with Crippen molar-refractivity contribution >= 4 is 5.91 Å². The molecule has 2 unspecified atom stereocenters. The predicted molar refractivity (Wildman–Crippen MR) is 326 cm³/mol. The maximum atomic E-state index is 12.5. The summed E-state index contributed by atoms with van der Waals surface area (Å²) in [5.74, 6) is -0.103. The quantitative estimate of drug-likeness (QED) is 0.0420. The van der Waals surface area contributed by atoms with Crippen molar-refractivity contribution < 1.29 is 15.0 Å². The maximum Gasteiger partial charge on any atom is 0.220 e. The van der Waals surface area contributed by atoms with Gasteiger partial charge in [0.25, 0.3) is 0 Å². The van der Waals surface area contributed by atoms with E-state index in [0.29, 0.717) is 6.42 Å². The number of carbonyl (C=O) groups excluding carboxylic acids is 1. The molecule has 0 rings (SSSR count). The van der Waals surface area contributed by atoms with Gasteiger partial charge in [0, 0.05) is 6.42 Å². The molecule has 0 aliphatic carbocycles. The molecule has 410 valence electrons. The third-order valence-electron chi connectivity index (χ3n) is 12.4. The maximum absolute atomic E-state index is 12.5. The first kappa shape index (κ1) is 68.8. The predicted octanol–water partition coefficient (Wildman–Crippen LogP) is 20.3. The number of carbonyl (C=O) groups is 1. The molecule has 4 nitrogen and oxygen atoms in total. The van der Waals surface area contributed by atoms with E-state index in [2.05, 4.69) is 177 Å². The summed E-state index contributed by atoms with van der Waals surface area (Å²) in [5.41, 5.74) is 0. The zero-order chi connectivity index (χ0) is 52.7. The van der Waals surface area contributed by atoms with Gasteiger partial charge in [0.05, 0.1) is 18.8 Å². The molecule has 0 aromatic rings. The van der Waals surface area contributed by atoms with E-state index >= 15 is 0 Å². The van der Waals surface area contributed by atoms with Crippen LogP contribution in [0.2, 0.25) is 0 Å². The molecule has 0 saturated carbocycles. The summed E-state index contributed by atoms with van der Waals surface area (Å²) in [7, 11) is 0. The van der Waals surface area contributed by atoms with Gasteiger partial charge in [0.2, 0.25) is 5.91 Å². The van der Waals surface area contributed by atoms with E-state index < -0.39 is 12.1 Å². The highest BCUT2D eigenvalue weighted by Crippen LogP contribution is 2.13. The Morgan fingerprint density at radius 2 is 0.616 bits per heavy atom. The molecular formula is C69H111NO3. The Labute approximate surface area is 451 Å². The van der Waals surface area contributed by atoms with Crippen LogP contribution in [0.1, 0.15) is 239 Å². The van der Waals surface area contributed by atoms with E-state index in [1.165, 1.54) is 89.9 Å². The fourth-order valence-corrected chi connectivity index (χ4v) is 7.92. The number of hydrogen-bond acceptors (Lipinski definition) is 3. The average Bonchev–Trinajstić information content (AvgIpc) is 3.40. The van der Waals surface area contributed by atoms with Crippen LogP contribution in [0.4, 0.5) is 0 Å². The van der Waals surface area contributed by atoms with Crippen molar-refractivity contribution in [1.82, 2.24) is 5.32 Å². The van der Waals surface area contributed by atoms with Gasteiger partial charge in [-0.25, -0.2) is 0 Å². The van der Waals surface area contributed by atoms with E-state index in [-0.39, 0.29) is 12.5 Å². The Bertz CT molecular complexity index is 1610. The zero-order valence-electron chi connectivity index (χ0n) is 47.1. The minimum absolute atomic E-state index is 0.103. The number of allylic oxidation sites excluding steroid dienone is 27. The first-order chi connectivity index (χ1) is 36.2. The molecule has 0 aliphatic heterocycles. The molecule has 0 saturated heterocycles. The molecule has 0 heterocycles. The normalized spacial score (nSPS) is 14.1. The number of aliphatic hydroxyl groups excluding tert-OH is 2. The van der Waals surface area contributed by atoms with Gasteiger partial charge in [-0.2, -0.15) is 0 Å². The highest BCUT2D eigenvalue weighted by atomic mass is 16.3. The lowest BCUT2D eigenvalue weighted by Gasteiger charge is -2.19. The summed E-state index contributed by atoms with van der Waals surface area (Å²) in [5, 5.41) is 23.1. The van der Waals surface area contributed by atoms with Crippen molar-refractivity contribution in [1.29, 1.82) is 0 Å². The minimum Gasteiger partial charge on any atom is -0.394 e. The second-order valence-corrected chi connectivity index (χ2v) is 19.3. The second kappa shape index (κ2) is 62.0. The molecule has 0 fully saturated rings. The third-order valence-corrected chi connectivity index (χ3v) is 12.4. The fourth-order valence-electron chi connectivity index (χ4n) is 7.92. The number of unbranched alkanes of at least 4 members (excludes halogenated alkanes) is 19. The summed E-state index contributed by atoms with van der Waals surface area (Å²) in [4.78, 5) is 12.5. The van der Waals surface area contributed by atoms with Gasteiger partial charge in [-0.05, 0) is 128 Å².